The zero-order valence-electron chi connectivity index (χ0n) is 18.7. The highest BCUT2D eigenvalue weighted by atomic mass is 32.2. The quantitative estimate of drug-likeness (QED) is 0.555. The summed E-state index contributed by atoms with van der Waals surface area (Å²) in [6, 6.07) is 7.00. The molecule has 2 heterocycles. The first-order valence-electron chi connectivity index (χ1n) is 10.8. The summed E-state index contributed by atoms with van der Waals surface area (Å²) in [5.41, 5.74) is -3.88. The molecule has 0 unspecified atom stereocenters. The van der Waals surface area contributed by atoms with E-state index in [2.05, 4.69) is 10.3 Å². The Morgan fingerprint density at radius 3 is 2.30 bits per heavy atom. The van der Waals surface area contributed by atoms with Gasteiger partial charge in [0, 0.05) is 19.2 Å². The SMILES string of the molecule is N#CC1(NC(=O)O[C@@H]2C[C@@H](S(=O)(=O)c3ccccc3C(F)(F)F)CN2c2ncccc2C(F)(F)F)CC1. The van der Waals surface area contributed by atoms with Crippen LogP contribution in [0.5, 0.6) is 0 Å². The summed E-state index contributed by atoms with van der Waals surface area (Å²) in [5.74, 6) is -0.754. The first-order valence-corrected chi connectivity index (χ1v) is 12.3. The van der Waals surface area contributed by atoms with Crippen molar-refractivity contribution in [3.8, 4) is 6.07 Å². The molecule has 1 aliphatic carbocycles. The van der Waals surface area contributed by atoms with E-state index in [-0.39, 0.29) is 0 Å². The normalized spacial score (nSPS) is 21.3. The number of nitrogens with one attached hydrogen (secondary N) is 1. The van der Waals surface area contributed by atoms with Crippen molar-refractivity contribution in [2.24, 2.45) is 0 Å². The number of alkyl carbamates (subject to hydrolysis) is 1. The Kier molecular flexibility index (Phi) is 6.51. The van der Waals surface area contributed by atoms with Crippen LogP contribution >= 0.6 is 0 Å². The average Bonchev–Trinajstić information content (AvgIpc) is 3.46. The number of anilines is 1. The summed E-state index contributed by atoms with van der Waals surface area (Å²) < 4.78 is 113. The highest BCUT2D eigenvalue weighted by Gasteiger charge is 2.49. The van der Waals surface area contributed by atoms with E-state index in [1.807, 2.05) is 6.07 Å². The molecule has 1 N–H and O–H groups in total. The highest BCUT2D eigenvalue weighted by molar-refractivity contribution is 7.92. The number of hydrogen-bond donors (Lipinski definition) is 1. The van der Waals surface area contributed by atoms with Crippen molar-refractivity contribution >= 4 is 21.7 Å². The number of carbonyl (C=O) groups excluding carboxylic acids is 1. The first-order chi connectivity index (χ1) is 17.2. The van der Waals surface area contributed by atoms with Crippen molar-refractivity contribution in [2.75, 3.05) is 11.4 Å². The summed E-state index contributed by atoms with van der Waals surface area (Å²) in [7, 11) is -4.77. The Balaban J connectivity index is 1.72. The van der Waals surface area contributed by atoms with Crippen molar-refractivity contribution in [3.05, 3.63) is 53.7 Å². The summed E-state index contributed by atoms with van der Waals surface area (Å²) in [5, 5.41) is 9.76. The first kappa shape index (κ1) is 26.5. The molecule has 198 valence electrons. The van der Waals surface area contributed by atoms with E-state index in [9.17, 15) is 39.6 Å². The number of nitrogens with zero attached hydrogens (tertiary/aromatic N) is 3. The third kappa shape index (κ3) is 5.29. The summed E-state index contributed by atoms with van der Waals surface area (Å²) >= 11 is 0. The number of benzene rings is 1. The molecule has 1 saturated carbocycles. The number of ether oxygens (including phenoxy) is 1. The number of hydrogen-bond acceptors (Lipinski definition) is 7. The van der Waals surface area contributed by atoms with Gasteiger partial charge in [0.1, 0.15) is 11.4 Å². The van der Waals surface area contributed by atoms with Gasteiger partial charge in [0.15, 0.2) is 16.1 Å². The van der Waals surface area contributed by atoms with E-state index < -0.39 is 80.1 Å². The molecule has 2 aliphatic rings. The van der Waals surface area contributed by atoms with Gasteiger partial charge in [0.25, 0.3) is 0 Å². The molecule has 1 amide bonds. The molecule has 1 aromatic carbocycles. The number of halogens is 6. The molecular weight excluding hydrogens is 530 g/mol. The van der Waals surface area contributed by atoms with Gasteiger partial charge in [-0.25, -0.2) is 18.2 Å². The van der Waals surface area contributed by atoms with Gasteiger partial charge in [-0.15, -0.1) is 0 Å². The maximum atomic E-state index is 13.7. The third-order valence-corrected chi connectivity index (χ3v) is 8.25. The Morgan fingerprint density at radius 2 is 1.70 bits per heavy atom. The highest BCUT2D eigenvalue weighted by Crippen LogP contribution is 2.42. The second-order valence-corrected chi connectivity index (χ2v) is 10.8. The van der Waals surface area contributed by atoms with Crippen LogP contribution in [0.15, 0.2) is 47.5 Å². The lowest BCUT2D eigenvalue weighted by molar-refractivity contribution is -0.140. The molecule has 1 saturated heterocycles. The molecule has 0 spiro atoms. The fourth-order valence-corrected chi connectivity index (χ4v) is 5.93. The van der Waals surface area contributed by atoms with Gasteiger partial charge in [-0.2, -0.15) is 31.6 Å². The molecular formula is C22H18F6N4O4S. The predicted molar refractivity (Wildman–Crippen MR) is 115 cm³/mol. The van der Waals surface area contributed by atoms with Gasteiger partial charge >= 0.3 is 18.4 Å². The summed E-state index contributed by atoms with van der Waals surface area (Å²) in [6.07, 6.45) is -11.8. The molecule has 2 fully saturated rings. The lowest BCUT2D eigenvalue weighted by atomic mass is 10.2. The second-order valence-electron chi connectivity index (χ2n) is 8.60. The Morgan fingerprint density at radius 1 is 1.08 bits per heavy atom. The van der Waals surface area contributed by atoms with Crippen molar-refractivity contribution < 1.29 is 44.3 Å². The molecule has 8 nitrogen and oxygen atoms in total. The molecule has 15 heteroatoms. The minimum atomic E-state index is -5.02. The fraction of sp³-hybridized carbons (Fsp3) is 0.409. The van der Waals surface area contributed by atoms with E-state index in [1.54, 1.807) is 0 Å². The summed E-state index contributed by atoms with van der Waals surface area (Å²) in [4.78, 5) is 15.9. The number of sulfone groups is 1. The lowest BCUT2D eigenvalue weighted by Gasteiger charge is -2.27. The summed E-state index contributed by atoms with van der Waals surface area (Å²) in [6.45, 7) is -0.740. The van der Waals surface area contributed by atoms with E-state index in [0.29, 0.717) is 25.0 Å². The maximum absolute atomic E-state index is 13.7. The van der Waals surface area contributed by atoms with Crippen molar-refractivity contribution in [1.82, 2.24) is 10.3 Å². The molecule has 4 rings (SSSR count). The Bertz CT molecular complexity index is 1350. The number of amides is 1. The number of rotatable bonds is 5. The van der Waals surface area contributed by atoms with Crippen molar-refractivity contribution in [3.63, 3.8) is 0 Å². The number of pyridine rings is 1. The molecule has 1 aromatic heterocycles. The Labute approximate surface area is 206 Å². The van der Waals surface area contributed by atoms with Crippen LogP contribution in [0.25, 0.3) is 0 Å². The van der Waals surface area contributed by atoms with Gasteiger partial charge in [-0.3, -0.25) is 0 Å². The van der Waals surface area contributed by atoms with Gasteiger partial charge in [0.05, 0.1) is 27.3 Å². The van der Waals surface area contributed by atoms with Crippen LogP contribution in [0.3, 0.4) is 0 Å². The van der Waals surface area contributed by atoms with Gasteiger partial charge in [-0.05, 0) is 37.1 Å². The minimum absolute atomic E-state index is 0.316. The standard InChI is InChI=1S/C22H18F6N4O4S/c23-21(24,25)14-4-1-2-6-16(14)37(34,35)13-10-17(36-19(33)31-20(12-29)7-8-20)32(11-13)18-15(22(26,27)28)5-3-9-30-18/h1-6,9,13,17H,7-8,10-11H2,(H,31,33)/t13-,17-/m1/s1. The monoisotopic (exact) mass is 548 g/mol. The van der Waals surface area contributed by atoms with E-state index >= 15 is 0 Å². The predicted octanol–water partition coefficient (Wildman–Crippen LogP) is 4.28. The molecule has 2 aromatic rings. The van der Waals surface area contributed by atoms with Crippen LogP contribution in [0.2, 0.25) is 0 Å². The molecule has 2 atom stereocenters. The minimum Gasteiger partial charge on any atom is -0.425 e. The zero-order chi connectivity index (χ0) is 27.2. The van der Waals surface area contributed by atoms with Crippen LogP contribution in [0.4, 0.5) is 37.0 Å². The van der Waals surface area contributed by atoms with E-state index in [0.717, 1.165) is 35.4 Å². The second kappa shape index (κ2) is 9.09. The number of aromatic nitrogens is 1. The smallest absolute Gasteiger partial charge is 0.419 e. The van der Waals surface area contributed by atoms with Crippen molar-refractivity contribution in [1.29, 1.82) is 5.26 Å². The zero-order valence-corrected chi connectivity index (χ0v) is 19.5. The van der Waals surface area contributed by atoms with Gasteiger partial charge in [-0.1, -0.05) is 12.1 Å². The molecule has 0 radical (unpaired) electrons. The van der Waals surface area contributed by atoms with Crippen LogP contribution in [-0.2, 0) is 26.9 Å². The number of nitriles is 1. The van der Waals surface area contributed by atoms with Gasteiger partial charge in [0.2, 0.25) is 0 Å². The van der Waals surface area contributed by atoms with Crippen LogP contribution < -0.4 is 10.2 Å². The Hall–Kier alpha value is -3.54. The fourth-order valence-electron chi connectivity index (χ4n) is 4.04. The largest absolute Gasteiger partial charge is 0.425 e. The number of alkyl halides is 6. The molecule has 1 aliphatic heterocycles. The van der Waals surface area contributed by atoms with Crippen LogP contribution in [0.1, 0.15) is 30.4 Å². The molecule has 0 bridgehead atoms. The third-order valence-electron chi connectivity index (χ3n) is 6.06. The topological polar surface area (TPSA) is 112 Å². The van der Waals surface area contributed by atoms with Crippen LogP contribution in [-0.4, -0.2) is 43.1 Å². The van der Waals surface area contributed by atoms with Gasteiger partial charge < -0.3 is 15.0 Å². The van der Waals surface area contributed by atoms with E-state index in [4.69, 9.17) is 10.00 Å². The maximum Gasteiger partial charge on any atom is 0.419 e. The van der Waals surface area contributed by atoms with Crippen molar-refractivity contribution in [2.45, 2.75) is 53.5 Å². The average molecular weight is 548 g/mol. The lowest BCUT2D eigenvalue weighted by Crippen LogP contribution is -2.42. The molecule has 37 heavy (non-hydrogen) atoms. The number of carbonyl (C=O) groups is 1. The van der Waals surface area contributed by atoms with E-state index in [1.165, 1.54) is 0 Å². The van der Waals surface area contributed by atoms with Crippen LogP contribution in [0, 0.1) is 11.3 Å².